The molecule has 0 aliphatic rings. The first-order chi connectivity index (χ1) is 8.13. The molecular weight excluding hydrogens is 216 g/mol. The fourth-order valence-corrected chi connectivity index (χ4v) is 1.36. The SMILES string of the molecule is Cc1ccc(CN)c(OCCOCC(C)C)n1. The van der Waals surface area contributed by atoms with Crippen molar-refractivity contribution in [1.29, 1.82) is 0 Å². The third kappa shape index (κ3) is 5.15. The zero-order chi connectivity index (χ0) is 12.7. The summed E-state index contributed by atoms with van der Waals surface area (Å²) in [6.07, 6.45) is 0. The van der Waals surface area contributed by atoms with E-state index >= 15 is 0 Å². The van der Waals surface area contributed by atoms with Crippen LogP contribution in [0.2, 0.25) is 0 Å². The summed E-state index contributed by atoms with van der Waals surface area (Å²) >= 11 is 0. The molecule has 0 aliphatic carbocycles. The maximum atomic E-state index is 5.62. The molecule has 1 aromatic heterocycles. The maximum Gasteiger partial charge on any atom is 0.218 e. The molecule has 0 aliphatic heterocycles. The molecule has 0 bridgehead atoms. The Hall–Kier alpha value is -1.13. The smallest absolute Gasteiger partial charge is 0.218 e. The van der Waals surface area contributed by atoms with Gasteiger partial charge in [0, 0.05) is 24.4 Å². The van der Waals surface area contributed by atoms with Gasteiger partial charge in [0.1, 0.15) is 6.61 Å². The topological polar surface area (TPSA) is 57.4 Å². The van der Waals surface area contributed by atoms with Gasteiger partial charge >= 0.3 is 0 Å². The first-order valence-electron chi connectivity index (χ1n) is 6.00. The van der Waals surface area contributed by atoms with E-state index in [1.165, 1.54) is 0 Å². The van der Waals surface area contributed by atoms with Gasteiger partial charge in [0.15, 0.2) is 0 Å². The molecular formula is C13H22N2O2. The molecule has 1 rings (SSSR count). The summed E-state index contributed by atoms with van der Waals surface area (Å²) in [5.41, 5.74) is 7.48. The normalized spacial score (nSPS) is 10.9. The van der Waals surface area contributed by atoms with E-state index < -0.39 is 0 Å². The standard InChI is InChI=1S/C13H22N2O2/c1-10(2)9-16-6-7-17-13-12(8-14)5-4-11(3)15-13/h4-5,10H,6-9,14H2,1-3H3. The quantitative estimate of drug-likeness (QED) is 0.737. The highest BCUT2D eigenvalue weighted by Gasteiger charge is 2.04. The first kappa shape index (κ1) is 13.9. The Morgan fingerprint density at radius 3 is 2.71 bits per heavy atom. The van der Waals surface area contributed by atoms with E-state index in [1.54, 1.807) is 0 Å². The number of hydrogen-bond acceptors (Lipinski definition) is 4. The van der Waals surface area contributed by atoms with Crippen molar-refractivity contribution >= 4 is 0 Å². The first-order valence-corrected chi connectivity index (χ1v) is 6.00. The van der Waals surface area contributed by atoms with E-state index in [0.717, 1.165) is 17.9 Å². The van der Waals surface area contributed by atoms with E-state index in [0.29, 0.717) is 31.6 Å². The molecule has 0 saturated heterocycles. The molecule has 96 valence electrons. The van der Waals surface area contributed by atoms with E-state index in [4.69, 9.17) is 15.2 Å². The predicted octanol–water partition coefficient (Wildman–Crippen LogP) is 1.90. The molecule has 0 amide bonds. The minimum atomic E-state index is 0.440. The molecule has 4 heteroatoms. The van der Waals surface area contributed by atoms with Crippen molar-refractivity contribution in [2.45, 2.75) is 27.3 Å². The minimum Gasteiger partial charge on any atom is -0.475 e. The zero-order valence-electron chi connectivity index (χ0n) is 10.9. The highest BCUT2D eigenvalue weighted by Crippen LogP contribution is 2.15. The van der Waals surface area contributed by atoms with Crippen LogP contribution in [0.4, 0.5) is 0 Å². The van der Waals surface area contributed by atoms with Crippen LogP contribution in [-0.2, 0) is 11.3 Å². The van der Waals surface area contributed by atoms with Gasteiger partial charge in [-0.2, -0.15) is 0 Å². The van der Waals surface area contributed by atoms with Gasteiger partial charge in [-0.1, -0.05) is 19.9 Å². The van der Waals surface area contributed by atoms with Crippen molar-refractivity contribution in [3.8, 4) is 5.88 Å². The van der Waals surface area contributed by atoms with Gasteiger partial charge in [0.05, 0.1) is 6.61 Å². The van der Waals surface area contributed by atoms with Crippen molar-refractivity contribution in [3.05, 3.63) is 23.4 Å². The van der Waals surface area contributed by atoms with Gasteiger partial charge in [0.25, 0.3) is 0 Å². The summed E-state index contributed by atoms with van der Waals surface area (Å²) < 4.78 is 11.0. The molecule has 1 heterocycles. The fourth-order valence-electron chi connectivity index (χ4n) is 1.36. The number of rotatable bonds is 7. The summed E-state index contributed by atoms with van der Waals surface area (Å²) in [7, 11) is 0. The number of aromatic nitrogens is 1. The van der Waals surface area contributed by atoms with Crippen molar-refractivity contribution < 1.29 is 9.47 Å². The van der Waals surface area contributed by atoms with Crippen LogP contribution in [0.25, 0.3) is 0 Å². The van der Waals surface area contributed by atoms with E-state index in [9.17, 15) is 0 Å². The monoisotopic (exact) mass is 238 g/mol. The molecule has 0 atom stereocenters. The van der Waals surface area contributed by atoms with Crippen LogP contribution in [0.3, 0.4) is 0 Å². The molecule has 17 heavy (non-hydrogen) atoms. The van der Waals surface area contributed by atoms with Gasteiger partial charge in [0.2, 0.25) is 5.88 Å². The second-order valence-electron chi connectivity index (χ2n) is 4.44. The average molecular weight is 238 g/mol. The van der Waals surface area contributed by atoms with Crippen LogP contribution in [0.15, 0.2) is 12.1 Å². The fraction of sp³-hybridized carbons (Fsp3) is 0.615. The summed E-state index contributed by atoms with van der Waals surface area (Å²) in [6, 6.07) is 3.89. The Bertz CT molecular complexity index is 340. The summed E-state index contributed by atoms with van der Waals surface area (Å²) in [5.74, 6) is 1.17. The molecule has 2 N–H and O–H groups in total. The Morgan fingerprint density at radius 2 is 2.06 bits per heavy atom. The molecule has 1 aromatic rings. The number of hydrogen-bond donors (Lipinski definition) is 1. The minimum absolute atomic E-state index is 0.440. The molecule has 0 spiro atoms. The second kappa shape index (κ2) is 7.25. The number of nitrogens with zero attached hydrogens (tertiary/aromatic N) is 1. The average Bonchev–Trinajstić information content (AvgIpc) is 2.28. The number of aryl methyl sites for hydroxylation is 1. The lowest BCUT2D eigenvalue weighted by atomic mass is 10.2. The van der Waals surface area contributed by atoms with E-state index in [1.807, 2.05) is 19.1 Å². The van der Waals surface area contributed by atoms with Crippen LogP contribution >= 0.6 is 0 Å². The zero-order valence-corrected chi connectivity index (χ0v) is 10.9. The Balaban J connectivity index is 2.37. The third-order valence-corrected chi connectivity index (χ3v) is 2.22. The Kier molecular flexibility index (Phi) is 5.94. The molecule has 0 fully saturated rings. The Labute approximate surface area is 103 Å². The highest BCUT2D eigenvalue weighted by molar-refractivity contribution is 5.27. The molecule has 0 aromatic carbocycles. The lowest BCUT2D eigenvalue weighted by Crippen LogP contribution is -2.12. The van der Waals surface area contributed by atoms with Crippen LogP contribution < -0.4 is 10.5 Å². The summed E-state index contributed by atoms with van der Waals surface area (Å²) in [4.78, 5) is 4.32. The maximum absolute atomic E-state index is 5.62. The molecule has 4 nitrogen and oxygen atoms in total. The van der Waals surface area contributed by atoms with Crippen molar-refractivity contribution in [2.24, 2.45) is 11.7 Å². The predicted molar refractivity (Wildman–Crippen MR) is 68.0 cm³/mol. The molecule has 0 radical (unpaired) electrons. The van der Waals surface area contributed by atoms with Crippen LogP contribution in [0.1, 0.15) is 25.1 Å². The van der Waals surface area contributed by atoms with Gasteiger partial charge in [-0.15, -0.1) is 0 Å². The van der Waals surface area contributed by atoms with Crippen LogP contribution in [0.5, 0.6) is 5.88 Å². The van der Waals surface area contributed by atoms with Crippen molar-refractivity contribution in [1.82, 2.24) is 4.98 Å². The van der Waals surface area contributed by atoms with Crippen LogP contribution in [0, 0.1) is 12.8 Å². The van der Waals surface area contributed by atoms with Gasteiger partial charge in [-0.3, -0.25) is 0 Å². The number of nitrogens with two attached hydrogens (primary N) is 1. The number of pyridine rings is 1. The number of ether oxygens (including phenoxy) is 2. The van der Waals surface area contributed by atoms with Crippen molar-refractivity contribution in [3.63, 3.8) is 0 Å². The summed E-state index contributed by atoms with van der Waals surface area (Å²) in [6.45, 7) is 8.46. The van der Waals surface area contributed by atoms with Crippen LogP contribution in [-0.4, -0.2) is 24.8 Å². The lowest BCUT2D eigenvalue weighted by Gasteiger charge is -2.11. The van der Waals surface area contributed by atoms with Gasteiger partial charge < -0.3 is 15.2 Å². The Morgan fingerprint density at radius 1 is 1.29 bits per heavy atom. The molecule has 0 unspecified atom stereocenters. The third-order valence-electron chi connectivity index (χ3n) is 2.22. The highest BCUT2D eigenvalue weighted by atomic mass is 16.5. The van der Waals surface area contributed by atoms with E-state index in [-0.39, 0.29) is 0 Å². The van der Waals surface area contributed by atoms with Gasteiger partial charge in [-0.05, 0) is 18.9 Å². The lowest BCUT2D eigenvalue weighted by molar-refractivity contribution is 0.0803. The van der Waals surface area contributed by atoms with E-state index in [2.05, 4.69) is 18.8 Å². The van der Waals surface area contributed by atoms with Gasteiger partial charge in [-0.25, -0.2) is 4.98 Å². The van der Waals surface area contributed by atoms with Crippen molar-refractivity contribution in [2.75, 3.05) is 19.8 Å². The second-order valence-corrected chi connectivity index (χ2v) is 4.44. The molecule has 0 saturated carbocycles. The summed E-state index contributed by atoms with van der Waals surface area (Å²) in [5, 5.41) is 0. The largest absolute Gasteiger partial charge is 0.475 e.